The lowest BCUT2D eigenvalue weighted by Crippen LogP contribution is -2.31. The van der Waals surface area contributed by atoms with Crippen molar-refractivity contribution in [2.24, 2.45) is 0 Å². The third kappa shape index (κ3) is 4.11. The van der Waals surface area contributed by atoms with E-state index in [0.717, 1.165) is 5.56 Å². The van der Waals surface area contributed by atoms with Crippen LogP contribution in [0.25, 0.3) is 11.4 Å². The summed E-state index contributed by atoms with van der Waals surface area (Å²) >= 11 is 12.3. The van der Waals surface area contributed by atoms with Crippen LogP contribution in [0, 0.1) is 0 Å². The molecular weight excluding hydrogens is 519 g/mol. The second-order valence-corrected chi connectivity index (χ2v) is 9.42. The van der Waals surface area contributed by atoms with Gasteiger partial charge in [-0.3, -0.25) is 14.5 Å². The number of anilines is 1. The fourth-order valence-corrected chi connectivity index (χ4v) is 4.78. The van der Waals surface area contributed by atoms with Crippen LogP contribution < -0.4 is 19.9 Å². The number of methoxy groups -OCH3 is 2. The van der Waals surface area contributed by atoms with E-state index in [1.165, 1.54) is 26.5 Å². The number of pyridine rings is 1. The number of H-pyrrole nitrogens is 1. The molecular formula is C25H22Cl2N6O4. The molecule has 0 saturated carbocycles. The van der Waals surface area contributed by atoms with Crippen molar-refractivity contribution >= 4 is 34.8 Å². The molecule has 1 aliphatic rings. The maximum atomic E-state index is 13.9. The number of carbonyl (C=O) groups is 1. The number of aromatic nitrogens is 5. The molecule has 3 aromatic heterocycles. The van der Waals surface area contributed by atoms with Gasteiger partial charge in [0.2, 0.25) is 5.88 Å². The minimum absolute atomic E-state index is 0.0303. The SMILES string of the molecule is COc1ncc(-c2nc3c(n2C(C)C)C(c2ccc(Cl)cc2)N(c2c[nH]c(=O)c(Cl)c2)C3=O)c(OC)n1. The molecule has 0 radical (unpaired) electrons. The minimum atomic E-state index is -0.587. The van der Waals surface area contributed by atoms with Crippen LogP contribution in [-0.4, -0.2) is 44.6 Å². The Bertz CT molecular complexity index is 1560. The normalized spacial score (nSPS) is 14.8. The van der Waals surface area contributed by atoms with Gasteiger partial charge < -0.3 is 19.0 Å². The second-order valence-electron chi connectivity index (χ2n) is 8.58. The maximum Gasteiger partial charge on any atom is 0.319 e. The Kier molecular flexibility index (Phi) is 6.38. The van der Waals surface area contributed by atoms with E-state index in [2.05, 4.69) is 15.0 Å². The zero-order valence-corrected chi connectivity index (χ0v) is 21.8. The highest BCUT2D eigenvalue weighted by molar-refractivity contribution is 6.31. The number of rotatable bonds is 6. The van der Waals surface area contributed by atoms with Crippen LogP contribution in [0.15, 0.2) is 47.5 Å². The second kappa shape index (κ2) is 9.53. The van der Waals surface area contributed by atoms with Crippen LogP contribution in [0.2, 0.25) is 10.0 Å². The van der Waals surface area contributed by atoms with Gasteiger partial charge in [-0.1, -0.05) is 35.3 Å². The first-order chi connectivity index (χ1) is 17.7. The molecule has 1 aromatic carbocycles. The molecule has 37 heavy (non-hydrogen) atoms. The molecule has 0 spiro atoms. The van der Waals surface area contributed by atoms with Gasteiger partial charge in [0, 0.05) is 23.5 Å². The quantitative estimate of drug-likeness (QED) is 0.377. The number of hydrogen-bond donors (Lipinski definition) is 1. The van der Waals surface area contributed by atoms with Crippen molar-refractivity contribution in [2.45, 2.75) is 25.9 Å². The molecule has 1 aliphatic heterocycles. The predicted octanol–water partition coefficient (Wildman–Crippen LogP) is 4.68. The molecule has 0 aliphatic carbocycles. The van der Waals surface area contributed by atoms with Crippen molar-refractivity contribution in [2.75, 3.05) is 19.1 Å². The number of nitrogens with zero attached hydrogens (tertiary/aromatic N) is 5. The molecule has 4 aromatic rings. The minimum Gasteiger partial charge on any atom is -0.480 e. The van der Waals surface area contributed by atoms with Crippen molar-refractivity contribution in [1.82, 2.24) is 24.5 Å². The summed E-state index contributed by atoms with van der Waals surface area (Å²) in [6.45, 7) is 3.98. The van der Waals surface area contributed by atoms with Gasteiger partial charge in [0.25, 0.3) is 11.5 Å². The summed E-state index contributed by atoms with van der Waals surface area (Å²) in [5, 5.41) is 0.530. The lowest BCUT2D eigenvalue weighted by Gasteiger charge is -2.28. The first-order valence-electron chi connectivity index (χ1n) is 11.3. The molecule has 0 fully saturated rings. The molecule has 190 valence electrons. The maximum absolute atomic E-state index is 13.9. The van der Waals surface area contributed by atoms with Crippen LogP contribution in [0.4, 0.5) is 5.69 Å². The van der Waals surface area contributed by atoms with Gasteiger partial charge in [0.05, 0.1) is 31.2 Å². The lowest BCUT2D eigenvalue weighted by atomic mass is 10.0. The van der Waals surface area contributed by atoms with Gasteiger partial charge >= 0.3 is 6.01 Å². The van der Waals surface area contributed by atoms with Crippen LogP contribution in [0.1, 0.15) is 47.7 Å². The number of imidazole rings is 1. The fraction of sp³-hybridized carbons (Fsp3) is 0.240. The molecule has 0 bridgehead atoms. The van der Waals surface area contributed by atoms with E-state index in [4.69, 9.17) is 37.7 Å². The van der Waals surface area contributed by atoms with Crippen molar-refractivity contribution in [3.63, 3.8) is 0 Å². The van der Waals surface area contributed by atoms with Crippen molar-refractivity contribution < 1.29 is 14.3 Å². The molecule has 1 unspecified atom stereocenters. The van der Waals surface area contributed by atoms with Gasteiger partial charge in [0.15, 0.2) is 5.69 Å². The molecule has 5 rings (SSSR count). The highest BCUT2D eigenvalue weighted by Gasteiger charge is 2.45. The Hall–Kier alpha value is -3.89. The van der Waals surface area contributed by atoms with Gasteiger partial charge in [-0.05, 0) is 37.6 Å². The molecule has 12 heteroatoms. The number of carbonyl (C=O) groups excluding carboxylic acids is 1. The Balaban J connectivity index is 1.77. The van der Waals surface area contributed by atoms with Crippen LogP contribution >= 0.6 is 23.2 Å². The number of hydrogen-bond acceptors (Lipinski definition) is 7. The summed E-state index contributed by atoms with van der Waals surface area (Å²) < 4.78 is 12.6. The van der Waals surface area contributed by atoms with Crippen molar-refractivity contribution in [3.8, 4) is 23.3 Å². The Labute approximate surface area is 221 Å². The third-order valence-electron chi connectivity index (χ3n) is 6.06. The van der Waals surface area contributed by atoms with Crippen LogP contribution in [0.3, 0.4) is 0 Å². The van der Waals surface area contributed by atoms with E-state index in [0.29, 0.717) is 27.8 Å². The Morgan fingerprint density at radius 3 is 2.41 bits per heavy atom. The van der Waals surface area contributed by atoms with Gasteiger partial charge in [-0.15, -0.1) is 0 Å². The Morgan fingerprint density at radius 2 is 1.78 bits per heavy atom. The van der Waals surface area contributed by atoms with Crippen LogP contribution in [-0.2, 0) is 0 Å². The van der Waals surface area contributed by atoms with E-state index >= 15 is 0 Å². The highest BCUT2D eigenvalue weighted by atomic mass is 35.5. The van der Waals surface area contributed by atoms with E-state index in [-0.39, 0.29) is 34.6 Å². The smallest absolute Gasteiger partial charge is 0.319 e. The van der Waals surface area contributed by atoms with E-state index in [1.807, 2.05) is 30.5 Å². The number of ether oxygens (including phenoxy) is 2. The zero-order chi connectivity index (χ0) is 26.4. The zero-order valence-electron chi connectivity index (χ0n) is 20.3. The van der Waals surface area contributed by atoms with E-state index in [9.17, 15) is 9.59 Å². The van der Waals surface area contributed by atoms with Crippen molar-refractivity contribution in [3.05, 3.63) is 80.1 Å². The number of nitrogens with one attached hydrogen (secondary N) is 1. The molecule has 1 N–H and O–H groups in total. The number of aromatic amines is 1. The standard InChI is InChI=1S/C25H22Cl2N6O4/c1-12(2)32-20-18(30-21(32)16-11-29-25(37-4)31-23(16)36-3)24(35)33(15-9-17(27)22(34)28-10-15)19(20)13-5-7-14(26)8-6-13/h5-12,19H,1-4H3,(H,28,34). The summed E-state index contributed by atoms with van der Waals surface area (Å²) in [4.78, 5) is 43.3. The number of amides is 1. The summed E-state index contributed by atoms with van der Waals surface area (Å²) in [5.41, 5.74) is 2.20. The van der Waals surface area contributed by atoms with Crippen LogP contribution in [0.5, 0.6) is 11.9 Å². The lowest BCUT2D eigenvalue weighted by molar-refractivity contribution is 0.0989. The van der Waals surface area contributed by atoms with Crippen molar-refractivity contribution in [1.29, 1.82) is 0 Å². The van der Waals surface area contributed by atoms with E-state index < -0.39 is 11.6 Å². The van der Waals surface area contributed by atoms with Gasteiger partial charge in [-0.25, -0.2) is 9.97 Å². The summed E-state index contributed by atoms with van der Waals surface area (Å²) in [5.74, 6) is 0.385. The number of benzene rings is 1. The third-order valence-corrected chi connectivity index (χ3v) is 6.59. The summed E-state index contributed by atoms with van der Waals surface area (Å²) in [7, 11) is 2.95. The number of fused-ring (bicyclic) bond motifs is 1. The van der Waals surface area contributed by atoms with Gasteiger partial charge in [0.1, 0.15) is 16.9 Å². The largest absolute Gasteiger partial charge is 0.480 e. The number of halogens is 2. The van der Waals surface area contributed by atoms with E-state index in [1.54, 1.807) is 23.2 Å². The Morgan fingerprint density at radius 1 is 1.05 bits per heavy atom. The molecule has 10 nitrogen and oxygen atoms in total. The average molecular weight is 541 g/mol. The monoisotopic (exact) mass is 540 g/mol. The molecule has 1 atom stereocenters. The molecule has 1 amide bonds. The summed E-state index contributed by atoms with van der Waals surface area (Å²) in [6.07, 6.45) is 3.02. The molecule has 4 heterocycles. The fourth-order valence-electron chi connectivity index (χ4n) is 4.49. The van der Waals surface area contributed by atoms with Gasteiger partial charge in [-0.2, -0.15) is 4.98 Å². The molecule has 0 saturated heterocycles. The predicted molar refractivity (Wildman–Crippen MR) is 139 cm³/mol. The highest BCUT2D eigenvalue weighted by Crippen LogP contribution is 2.45. The first-order valence-corrected chi connectivity index (χ1v) is 12.1. The topological polar surface area (TPSA) is 115 Å². The average Bonchev–Trinajstić information content (AvgIpc) is 3.41. The summed E-state index contributed by atoms with van der Waals surface area (Å²) in [6, 6.07) is 8.13. The first kappa shape index (κ1) is 24.8.